The lowest BCUT2D eigenvalue weighted by Gasteiger charge is -2.36. The number of aromatic hydroxyl groups is 2. The van der Waals surface area contributed by atoms with Crippen LogP contribution in [0.15, 0.2) is 18.2 Å². The van der Waals surface area contributed by atoms with Crippen molar-refractivity contribution in [2.75, 3.05) is 0 Å². The second kappa shape index (κ2) is 19.0. The second-order valence-corrected chi connectivity index (χ2v) is 10.1. The normalized spacial score (nSPS) is 11.7. The summed E-state index contributed by atoms with van der Waals surface area (Å²) in [6, 6.07) is 5.09. The Morgan fingerprint density at radius 2 is 0.970 bits per heavy atom. The predicted molar refractivity (Wildman–Crippen MR) is 142 cm³/mol. The highest BCUT2D eigenvalue weighted by atomic mass is 16.5. The molecule has 0 radical (unpaired) electrons. The number of ether oxygens (including phenoxy) is 1. The molecule has 0 saturated carbocycles. The third kappa shape index (κ3) is 13.2. The molecule has 0 saturated heterocycles. The number of hydrogen-bond donors (Lipinski definition) is 2. The second-order valence-electron chi connectivity index (χ2n) is 10.1. The van der Waals surface area contributed by atoms with Gasteiger partial charge in [-0.25, -0.2) is 0 Å². The van der Waals surface area contributed by atoms with Crippen LogP contribution in [-0.4, -0.2) is 15.8 Å². The molecule has 0 aliphatic rings. The van der Waals surface area contributed by atoms with Crippen LogP contribution in [0.25, 0.3) is 0 Å². The molecular weight excluding hydrogens is 408 g/mol. The number of rotatable bonds is 22. The molecule has 2 N–H and O–H groups in total. The Labute approximate surface area is 205 Å². The summed E-state index contributed by atoms with van der Waals surface area (Å²) in [5.74, 6) is 0.232. The van der Waals surface area contributed by atoms with E-state index in [0.717, 1.165) is 25.7 Å². The average molecular weight is 463 g/mol. The van der Waals surface area contributed by atoms with Crippen LogP contribution in [0.5, 0.6) is 17.2 Å². The van der Waals surface area contributed by atoms with E-state index >= 15 is 0 Å². The lowest BCUT2D eigenvalue weighted by Crippen LogP contribution is -2.36. The summed E-state index contributed by atoms with van der Waals surface area (Å²) in [6.07, 6.45) is 24.8. The van der Waals surface area contributed by atoms with E-state index in [1.165, 1.54) is 109 Å². The van der Waals surface area contributed by atoms with Crippen molar-refractivity contribution in [1.29, 1.82) is 0 Å². The zero-order chi connectivity index (χ0) is 24.2. The van der Waals surface area contributed by atoms with E-state index in [2.05, 4.69) is 20.8 Å². The van der Waals surface area contributed by atoms with Gasteiger partial charge in [0.2, 0.25) is 5.75 Å². The van der Waals surface area contributed by atoms with Crippen molar-refractivity contribution in [3.05, 3.63) is 18.2 Å². The van der Waals surface area contributed by atoms with Crippen LogP contribution in [0.1, 0.15) is 149 Å². The molecule has 33 heavy (non-hydrogen) atoms. The molecule has 3 heteroatoms. The minimum atomic E-state index is -0.243. The van der Waals surface area contributed by atoms with E-state index in [1.54, 1.807) is 12.1 Å². The van der Waals surface area contributed by atoms with Gasteiger partial charge in [0, 0.05) is 0 Å². The topological polar surface area (TPSA) is 49.7 Å². The molecule has 1 rings (SSSR count). The number of phenolic OH excluding ortho intramolecular Hbond substituents is 2. The number of unbranched alkanes of at least 4 members (excludes halogenated alkanes) is 14. The van der Waals surface area contributed by atoms with Crippen LogP contribution in [0.3, 0.4) is 0 Å². The SMILES string of the molecule is CCCCCCCCCC(CCCCC)(CCCCCCCCC)Oc1cccc(O)c1O. The molecule has 0 atom stereocenters. The summed E-state index contributed by atoms with van der Waals surface area (Å²) in [7, 11) is 0. The van der Waals surface area contributed by atoms with E-state index in [0.29, 0.717) is 5.75 Å². The van der Waals surface area contributed by atoms with Crippen LogP contribution < -0.4 is 4.74 Å². The summed E-state index contributed by atoms with van der Waals surface area (Å²) >= 11 is 0. The third-order valence-electron chi connectivity index (χ3n) is 7.01. The number of hydrogen-bond acceptors (Lipinski definition) is 3. The molecule has 0 unspecified atom stereocenters. The Bertz CT molecular complexity index is 566. The molecule has 0 aromatic heterocycles. The van der Waals surface area contributed by atoms with Gasteiger partial charge in [0.05, 0.1) is 0 Å². The van der Waals surface area contributed by atoms with Crippen molar-refractivity contribution < 1.29 is 14.9 Å². The van der Waals surface area contributed by atoms with Gasteiger partial charge in [0.25, 0.3) is 0 Å². The molecule has 0 fully saturated rings. The van der Waals surface area contributed by atoms with Crippen LogP contribution in [0, 0.1) is 0 Å². The molecule has 192 valence electrons. The third-order valence-corrected chi connectivity index (χ3v) is 7.01. The number of para-hydroxylation sites is 1. The van der Waals surface area contributed by atoms with Gasteiger partial charge in [0.1, 0.15) is 5.60 Å². The molecular formula is C30H54O3. The highest BCUT2D eigenvalue weighted by Crippen LogP contribution is 2.41. The Morgan fingerprint density at radius 3 is 1.45 bits per heavy atom. The quantitative estimate of drug-likeness (QED) is 0.133. The molecule has 0 bridgehead atoms. The standard InChI is InChI=1S/C30H54O3/c1-4-7-10-12-14-16-19-25-30(24-18-9-6-3,26-20-17-15-13-11-8-5-2)33-28-23-21-22-27(31)29(28)32/h21-23,31-32H,4-20,24-26H2,1-3H3. The van der Waals surface area contributed by atoms with Gasteiger partial charge < -0.3 is 14.9 Å². The number of phenols is 2. The van der Waals surface area contributed by atoms with E-state index in [9.17, 15) is 10.2 Å². The van der Waals surface area contributed by atoms with Gasteiger partial charge in [-0.15, -0.1) is 0 Å². The molecule has 0 aliphatic carbocycles. The zero-order valence-electron chi connectivity index (χ0n) is 22.2. The van der Waals surface area contributed by atoms with Gasteiger partial charge >= 0.3 is 0 Å². The fourth-order valence-electron chi connectivity index (χ4n) is 4.86. The van der Waals surface area contributed by atoms with E-state index in [1.807, 2.05) is 0 Å². The lowest BCUT2D eigenvalue weighted by molar-refractivity contribution is 0.0306. The first-order chi connectivity index (χ1) is 16.1. The summed E-state index contributed by atoms with van der Waals surface area (Å²) < 4.78 is 6.64. The fraction of sp³-hybridized carbons (Fsp3) is 0.800. The monoisotopic (exact) mass is 462 g/mol. The van der Waals surface area contributed by atoms with Gasteiger partial charge in [-0.3, -0.25) is 0 Å². The summed E-state index contributed by atoms with van der Waals surface area (Å²) in [5, 5.41) is 20.5. The molecule has 3 nitrogen and oxygen atoms in total. The predicted octanol–water partition coefficient (Wildman–Crippen LogP) is 10.1. The summed E-state index contributed by atoms with van der Waals surface area (Å²) in [6.45, 7) is 6.78. The minimum absolute atomic E-state index is 0.0955. The fourth-order valence-corrected chi connectivity index (χ4v) is 4.86. The van der Waals surface area contributed by atoms with Gasteiger partial charge in [-0.2, -0.15) is 0 Å². The Balaban J connectivity index is 2.80. The van der Waals surface area contributed by atoms with Crippen molar-refractivity contribution in [1.82, 2.24) is 0 Å². The van der Waals surface area contributed by atoms with Crippen molar-refractivity contribution in [2.45, 2.75) is 155 Å². The van der Waals surface area contributed by atoms with Crippen molar-refractivity contribution in [3.63, 3.8) is 0 Å². The summed E-state index contributed by atoms with van der Waals surface area (Å²) in [4.78, 5) is 0. The zero-order valence-corrected chi connectivity index (χ0v) is 22.2. The van der Waals surface area contributed by atoms with E-state index < -0.39 is 0 Å². The first-order valence-corrected chi connectivity index (χ1v) is 14.3. The Kier molecular flexibility index (Phi) is 17.1. The first kappa shape index (κ1) is 29.7. The highest BCUT2D eigenvalue weighted by Gasteiger charge is 2.32. The molecule has 0 amide bonds. The summed E-state index contributed by atoms with van der Waals surface area (Å²) in [5.41, 5.74) is -0.243. The van der Waals surface area contributed by atoms with Crippen molar-refractivity contribution in [2.24, 2.45) is 0 Å². The molecule has 1 aromatic carbocycles. The molecule has 0 heterocycles. The lowest BCUT2D eigenvalue weighted by atomic mass is 9.84. The van der Waals surface area contributed by atoms with Crippen molar-refractivity contribution in [3.8, 4) is 17.2 Å². The first-order valence-electron chi connectivity index (χ1n) is 14.3. The van der Waals surface area contributed by atoms with E-state index in [-0.39, 0.29) is 17.1 Å². The highest BCUT2D eigenvalue weighted by molar-refractivity contribution is 5.49. The smallest absolute Gasteiger partial charge is 0.200 e. The van der Waals surface area contributed by atoms with Gasteiger partial charge in [-0.1, -0.05) is 117 Å². The van der Waals surface area contributed by atoms with Gasteiger partial charge in [0.15, 0.2) is 11.5 Å². The Hall–Kier alpha value is -1.38. The van der Waals surface area contributed by atoms with Crippen LogP contribution in [0.2, 0.25) is 0 Å². The van der Waals surface area contributed by atoms with E-state index in [4.69, 9.17) is 4.74 Å². The maximum absolute atomic E-state index is 10.4. The minimum Gasteiger partial charge on any atom is -0.504 e. The maximum atomic E-state index is 10.4. The van der Waals surface area contributed by atoms with Crippen LogP contribution in [0.4, 0.5) is 0 Å². The van der Waals surface area contributed by atoms with Gasteiger partial charge in [-0.05, 0) is 50.7 Å². The average Bonchev–Trinajstić information content (AvgIpc) is 2.81. The molecule has 0 spiro atoms. The van der Waals surface area contributed by atoms with Crippen molar-refractivity contribution >= 4 is 0 Å². The maximum Gasteiger partial charge on any atom is 0.200 e. The van der Waals surface area contributed by atoms with Crippen LogP contribution >= 0.6 is 0 Å². The largest absolute Gasteiger partial charge is 0.504 e. The Morgan fingerprint density at radius 1 is 0.576 bits per heavy atom. The molecule has 0 aliphatic heterocycles. The number of benzene rings is 1. The van der Waals surface area contributed by atoms with Crippen LogP contribution in [-0.2, 0) is 0 Å². The molecule has 1 aromatic rings.